The van der Waals surface area contributed by atoms with Crippen molar-refractivity contribution >= 4 is 24.3 Å². The lowest BCUT2D eigenvalue weighted by atomic mass is 9.92. The Morgan fingerprint density at radius 1 is 0.227 bits per heavy atom. The van der Waals surface area contributed by atoms with Crippen molar-refractivity contribution < 1.29 is 0 Å². The molecule has 0 saturated heterocycles. The minimum Gasteiger partial charge on any atom is -0.0838 e. The second-order valence-corrected chi connectivity index (χ2v) is 27.9. The van der Waals surface area contributed by atoms with E-state index in [1.54, 1.807) is 27.8 Å². The summed E-state index contributed by atoms with van der Waals surface area (Å²) in [5, 5.41) is 2.77. The van der Waals surface area contributed by atoms with Crippen LogP contribution in [0.2, 0.25) is 0 Å². The molecule has 0 aromatic heterocycles. The predicted octanol–water partition coefficient (Wildman–Crippen LogP) is 34.0. The molecule has 0 spiro atoms. The highest BCUT2D eigenvalue weighted by Gasteiger charge is 2.23. The van der Waals surface area contributed by atoms with E-state index in [4.69, 9.17) is 0 Å². The zero-order valence-electron chi connectivity index (χ0n) is 78.9. The number of hydrogen-bond donors (Lipinski definition) is 0. The third-order valence-corrected chi connectivity index (χ3v) is 21.2. The van der Waals surface area contributed by atoms with E-state index in [9.17, 15) is 0 Å². The summed E-state index contributed by atoms with van der Waals surface area (Å²) in [6.45, 7) is 40.0. The molecule has 13 aliphatic carbocycles. The fourth-order valence-electron chi connectivity index (χ4n) is 15.5. The van der Waals surface area contributed by atoms with Gasteiger partial charge in [0.2, 0.25) is 0 Å². The quantitative estimate of drug-likeness (QED) is 0.105. The molecule has 0 heterocycles. The molecule has 0 heteroatoms. The first-order chi connectivity index (χ1) is 59.1. The highest BCUT2D eigenvalue weighted by molar-refractivity contribution is 5.59. The van der Waals surface area contributed by atoms with Gasteiger partial charge >= 0.3 is 0 Å². The van der Waals surface area contributed by atoms with E-state index in [1.807, 2.05) is 138 Å². The van der Waals surface area contributed by atoms with Crippen LogP contribution in [0.3, 0.4) is 0 Å². The fraction of sp³-hybridized carbons (Fsp3) is 0.395. The van der Waals surface area contributed by atoms with Crippen LogP contribution in [-0.2, 0) is 70.6 Å². The Bertz CT molecular complexity index is 4210. The summed E-state index contributed by atoms with van der Waals surface area (Å²) in [7, 11) is 0. The molecule has 640 valence electrons. The van der Waals surface area contributed by atoms with Crippen molar-refractivity contribution in [3.05, 3.63) is 402 Å². The Morgan fingerprint density at radius 3 is 0.933 bits per heavy atom. The van der Waals surface area contributed by atoms with Crippen LogP contribution in [0.25, 0.3) is 24.3 Å². The van der Waals surface area contributed by atoms with Crippen LogP contribution < -0.4 is 10.4 Å². The zero-order valence-corrected chi connectivity index (χ0v) is 78.9. The second kappa shape index (κ2) is 70.5. The first-order valence-corrected chi connectivity index (χ1v) is 47.8. The van der Waals surface area contributed by atoms with E-state index in [-0.39, 0.29) is 0 Å². The number of hydrogen-bond acceptors (Lipinski definition) is 0. The molecule has 1 saturated carbocycles. The molecule has 2 unspecified atom stereocenters. The molecule has 21 rings (SSSR count). The summed E-state index contributed by atoms with van der Waals surface area (Å²) in [5.74, 6) is 1.80. The van der Waals surface area contributed by atoms with Crippen LogP contribution in [0, 0.1) is 11.8 Å². The maximum Gasteiger partial charge on any atom is -0.00203 e. The van der Waals surface area contributed by atoms with E-state index >= 15 is 0 Å². The number of allylic oxidation sites excluding steroid dienone is 20. The average molecular weight is 1590 g/mol. The van der Waals surface area contributed by atoms with Gasteiger partial charge in [0.25, 0.3) is 0 Å². The fourth-order valence-corrected chi connectivity index (χ4v) is 15.5. The van der Waals surface area contributed by atoms with E-state index < -0.39 is 0 Å². The smallest absolute Gasteiger partial charge is 0.00203 e. The minimum atomic E-state index is 0.898. The molecule has 119 heavy (non-hydrogen) atoms. The van der Waals surface area contributed by atoms with Gasteiger partial charge in [0.15, 0.2) is 0 Å². The molecular weight excluding hydrogens is 1430 g/mol. The maximum atomic E-state index is 2.36. The van der Waals surface area contributed by atoms with Crippen LogP contribution >= 0.6 is 0 Å². The van der Waals surface area contributed by atoms with E-state index in [0.29, 0.717) is 0 Å². The highest BCUT2D eigenvalue weighted by Crippen LogP contribution is 2.36. The van der Waals surface area contributed by atoms with Crippen molar-refractivity contribution in [1.82, 2.24) is 0 Å². The molecule has 0 amide bonds. The lowest BCUT2D eigenvalue weighted by Gasteiger charge is -2.13. The molecule has 8 aromatic rings. The van der Waals surface area contributed by atoms with Gasteiger partial charge in [-0.25, -0.2) is 0 Å². The van der Waals surface area contributed by atoms with Crippen LogP contribution in [-0.4, -0.2) is 0 Å². The lowest BCUT2D eigenvalue weighted by molar-refractivity contribution is 0.552. The third-order valence-electron chi connectivity index (χ3n) is 21.2. The molecule has 0 N–H and O–H groups in total. The second-order valence-electron chi connectivity index (χ2n) is 27.9. The third kappa shape index (κ3) is 39.2. The molecule has 2 atom stereocenters. The highest BCUT2D eigenvalue weighted by atomic mass is 14.3. The summed E-state index contributed by atoms with van der Waals surface area (Å²) >= 11 is 0. The number of fused-ring (bicyclic) bond motifs is 9. The van der Waals surface area contributed by atoms with Crippen LogP contribution in [0.5, 0.6) is 0 Å². The summed E-state index contributed by atoms with van der Waals surface area (Å²) < 4.78 is 0. The molecule has 8 aromatic carbocycles. The monoisotopic (exact) mass is 1590 g/mol. The van der Waals surface area contributed by atoms with Crippen molar-refractivity contribution in [2.45, 2.75) is 299 Å². The van der Waals surface area contributed by atoms with Gasteiger partial charge in [0, 0.05) is 0 Å². The predicted molar refractivity (Wildman–Crippen MR) is 541 cm³/mol. The van der Waals surface area contributed by atoms with Gasteiger partial charge in [-0.1, -0.05) is 473 Å². The Labute approximate surface area is 732 Å². The molecule has 1 fully saturated rings. The van der Waals surface area contributed by atoms with E-state index in [0.717, 1.165) is 43.9 Å². The largest absolute Gasteiger partial charge is 0.0838 e. The Morgan fingerprint density at radius 2 is 0.538 bits per heavy atom. The van der Waals surface area contributed by atoms with Gasteiger partial charge in [0.1, 0.15) is 0 Å². The Balaban J connectivity index is 0.000000439. The number of rotatable bonds is 0. The normalized spacial score (nSPS) is 15.8. The van der Waals surface area contributed by atoms with Gasteiger partial charge in [-0.05, 0) is 265 Å². The molecule has 13 aliphatic rings. The lowest BCUT2D eigenvalue weighted by Crippen LogP contribution is -2.19. The first kappa shape index (κ1) is 106. The summed E-state index contributed by atoms with van der Waals surface area (Å²) in [5.41, 5.74) is 27.2. The van der Waals surface area contributed by atoms with Crippen molar-refractivity contribution in [1.29, 1.82) is 0 Å². The van der Waals surface area contributed by atoms with Gasteiger partial charge in [-0.2, -0.15) is 0 Å². The van der Waals surface area contributed by atoms with E-state index in [1.165, 1.54) is 211 Å². The van der Waals surface area contributed by atoms with Gasteiger partial charge in [-0.15, -0.1) is 0 Å². The molecule has 0 radical (unpaired) electrons. The van der Waals surface area contributed by atoms with Gasteiger partial charge < -0.3 is 0 Å². The van der Waals surface area contributed by atoms with Crippen molar-refractivity contribution in [3.63, 3.8) is 0 Å². The first-order valence-electron chi connectivity index (χ1n) is 47.8. The van der Waals surface area contributed by atoms with E-state index in [2.05, 4.69) is 316 Å². The Hall–Kier alpha value is -9.36. The average Bonchev–Trinajstić information content (AvgIpc) is 1.62. The van der Waals surface area contributed by atoms with Gasteiger partial charge in [0.05, 0.1) is 0 Å². The van der Waals surface area contributed by atoms with Crippen LogP contribution in [0.4, 0.5) is 0 Å². The summed E-state index contributed by atoms with van der Waals surface area (Å²) in [4.78, 5) is 0. The van der Waals surface area contributed by atoms with Gasteiger partial charge in [-0.3, -0.25) is 0 Å². The topological polar surface area (TPSA) is 0 Å². The number of benzene rings is 8. The van der Waals surface area contributed by atoms with Crippen LogP contribution in [0.1, 0.15) is 306 Å². The molecular formula is C119H164. The van der Waals surface area contributed by atoms with Crippen LogP contribution in [0.15, 0.2) is 314 Å². The summed E-state index contributed by atoms with van der Waals surface area (Å²) in [6.07, 6.45) is 76.2. The number of aryl methyl sites for hydroxylation is 7. The standard InChI is InChI=1S/C15H14.C11H14.C10H12.2C10H10.C9H12.2C9H8.2C8H8.10C2H6/c1-3-7-14-11-15-8-4-2-6-13(15)10-9-12(14)5-1;1-2-6-10-8-4-5-9-11(10)7-3-1;3*1-2-6-10-8-4-3-7-9(10)5-1;3*1-2-5-9-7-3-6-8(9)4-1;2*1-3-7-5-2-6-8(7)4-1;10*1-2/h1-8H,9-11H2;4-5,8-9H,1-3,6-7H2;1-2,5-6H,3-4,7-8H2;1-3,5-7H,4,8H2;1-6H,7-8H2;1-2,4-5,8-9H,3,6-7H2;1-2,4-7H,3H2;1-6H,7H2;1-3,6H,4-5H2;1-3,5H,4,6H2;10*1-2H3. The van der Waals surface area contributed by atoms with Crippen molar-refractivity contribution in [2.24, 2.45) is 11.8 Å². The van der Waals surface area contributed by atoms with Crippen molar-refractivity contribution in [3.8, 4) is 0 Å². The molecule has 0 bridgehead atoms. The maximum absolute atomic E-state index is 2.36. The van der Waals surface area contributed by atoms with Crippen molar-refractivity contribution in [2.75, 3.05) is 0 Å². The summed E-state index contributed by atoms with van der Waals surface area (Å²) in [6, 6.07) is 69.5. The molecule has 0 aliphatic heterocycles. The SMILES string of the molecule is C1=CC2=C(C1)CC=C2.C1=CC2=C(C=CC2)C1.C1=CC2CCCC2C=C1.C1=CCc2ccccc2C1.C1=Cc2ccccc2C1.C1=Cc2ccccc2CC1.C1=c2ccccc2=CC1.CC.CC.CC.CC.CC.CC.CC.CC.CC.CC.c1ccc2c(c1)CCCC2.c1ccc2c(c1)CCCCC2.c1ccc2c(c1)CCc1ccccc1C2. The zero-order chi connectivity index (χ0) is 87.1. The molecule has 0 nitrogen and oxygen atoms in total. The Kier molecular flexibility index (Phi) is 62.6. The minimum absolute atomic E-state index is 0.898.